The van der Waals surface area contributed by atoms with Gasteiger partial charge in [-0.1, -0.05) is 57.0 Å². The normalized spacial score (nSPS) is 10.6. The highest BCUT2D eigenvalue weighted by Crippen LogP contribution is 2.24. The van der Waals surface area contributed by atoms with E-state index in [2.05, 4.69) is 18.8 Å². The highest BCUT2D eigenvalue weighted by molar-refractivity contribution is 5.92. The second kappa shape index (κ2) is 9.82. The van der Waals surface area contributed by atoms with E-state index in [4.69, 9.17) is 4.74 Å². The number of carbonyl (C=O) groups is 2. The molecule has 0 bridgehead atoms. The first kappa shape index (κ1) is 19.0. The van der Waals surface area contributed by atoms with Gasteiger partial charge in [-0.25, -0.2) is 4.79 Å². The molecule has 1 heterocycles. The van der Waals surface area contributed by atoms with Crippen molar-refractivity contribution in [3.63, 3.8) is 0 Å². The number of benzene rings is 1. The Morgan fingerprint density at radius 1 is 1.04 bits per heavy atom. The van der Waals surface area contributed by atoms with Gasteiger partial charge in [0.2, 0.25) is 0 Å². The standard InChI is InChI=1S/C21H27NO3/c1-3-5-12-17-18(13-6-4-2)20(22-19(17)14-23)21(24)25-15-16-10-8-7-9-11-16/h7-11,14,22H,3-6,12-13,15H2,1-2H3. The van der Waals surface area contributed by atoms with Crippen molar-refractivity contribution < 1.29 is 14.3 Å². The average Bonchev–Trinajstić information content (AvgIpc) is 3.01. The fraction of sp³-hybridized carbons (Fsp3) is 0.429. The summed E-state index contributed by atoms with van der Waals surface area (Å²) in [7, 11) is 0. The molecule has 0 amide bonds. The van der Waals surface area contributed by atoms with Crippen LogP contribution < -0.4 is 0 Å². The van der Waals surface area contributed by atoms with Crippen LogP contribution >= 0.6 is 0 Å². The number of ether oxygens (including phenoxy) is 1. The van der Waals surface area contributed by atoms with Gasteiger partial charge in [0.15, 0.2) is 6.29 Å². The van der Waals surface area contributed by atoms with Gasteiger partial charge in [-0.3, -0.25) is 4.79 Å². The number of aromatic amines is 1. The molecule has 1 N–H and O–H groups in total. The Balaban J connectivity index is 2.22. The Morgan fingerprint density at radius 2 is 1.68 bits per heavy atom. The van der Waals surface area contributed by atoms with Gasteiger partial charge in [-0.05, 0) is 42.4 Å². The van der Waals surface area contributed by atoms with Gasteiger partial charge in [-0.15, -0.1) is 0 Å². The van der Waals surface area contributed by atoms with E-state index in [1.165, 1.54) is 0 Å². The van der Waals surface area contributed by atoms with Crippen molar-refractivity contribution in [3.05, 3.63) is 58.4 Å². The minimum atomic E-state index is -0.388. The second-order valence-corrected chi connectivity index (χ2v) is 6.26. The van der Waals surface area contributed by atoms with E-state index >= 15 is 0 Å². The van der Waals surface area contributed by atoms with E-state index in [0.717, 1.165) is 61.5 Å². The molecule has 0 unspecified atom stereocenters. The van der Waals surface area contributed by atoms with Crippen molar-refractivity contribution in [3.8, 4) is 0 Å². The fourth-order valence-corrected chi connectivity index (χ4v) is 2.94. The molecule has 134 valence electrons. The minimum absolute atomic E-state index is 0.229. The first-order valence-corrected chi connectivity index (χ1v) is 9.11. The molecule has 4 nitrogen and oxygen atoms in total. The molecular weight excluding hydrogens is 314 g/mol. The number of rotatable bonds is 10. The molecule has 0 saturated heterocycles. The summed E-state index contributed by atoms with van der Waals surface area (Å²) >= 11 is 0. The smallest absolute Gasteiger partial charge is 0.355 e. The van der Waals surface area contributed by atoms with Crippen LogP contribution in [0.15, 0.2) is 30.3 Å². The highest BCUT2D eigenvalue weighted by Gasteiger charge is 2.22. The minimum Gasteiger partial charge on any atom is -0.456 e. The van der Waals surface area contributed by atoms with Crippen LogP contribution in [0.1, 0.15) is 77.2 Å². The van der Waals surface area contributed by atoms with Crippen molar-refractivity contribution in [1.29, 1.82) is 0 Å². The third kappa shape index (κ3) is 5.05. The van der Waals surface area contributed by atoms with Crippen molar-refractivity contribution in [2.75, 3.05) is 0 Å². The summed E-state index contributed by atoms with van der Waals surface area (Å²) < 4.78 is 5.47. The molecule has 2 aromatic rings. The predicted molar refractivity (Wildman–Crippen MR) is 99.0 cm³/mol. The Hall–Kier alpha value is -2.36. The summed E-state index contributed by atoms with van der Waals surface area (Å²) in [5.41, 5.74) is 3.84. The first-order valence-electron chi connectivity index (χ1n) is 9.11. The summed E-state index contributed by atoms with van der Waals surface area (Å²) in [6.45, 7) is 4.47. The summed E-state index contributed by atoms with van der Waals surface area (Å²) in [5.74, 6) is -0.388. The number of carbonyl (C=O) groups excluding carboxylic acids is 2. The zero-order chi connectivity index (χ0) is 18.1. The molecule has 0 radical (unpaired) electrons. The Morgan fingerprint density at radius 3 is 2.28 bits per heavy atom. The van der Waals surface area contributed by atoms with Crippen LogP contribution in [0.2, 0.25) is 0 Å². The molecule has 25 heavy (non-hydrogen) atoms. The average molecular weight is 341 g/mol. The predicted octanol–water partition coefficient (Wildman–Crippen LogP) is 4.87. The zero-order valence-electron chi connectivity index (χ0n) is 15.1. The molecule has 0 aliphatic rings. The van der Waals surface area contributed by atoms with Crippen LogP contribution in [0, 0.1) is 0 Å². The highest BCUT2D eigenvalue weighted by atomic mass is 16.5. The van der Waals surface area contributed by atoms with Gasteiger partial charge < -0.3 is 9.72 Å². The summed E-state index contributed by atoms with van der Waals surface area (Å²) in [5, 5.41) is 0. The maximum atomic E-state index is 12.6. The molecule has 2 rings (SSSR count). The van der Waals surface area contributed by atoms with E-state index in [0.29, 0.717) is 11.4 Å². The lowest BCUT2D eigenvalue weighted by Gasteiger charge is -2.08. The van der Waals surface area contributed by atoms with Gasteiger partial charge in [0.05, 0.1) is 5.69 Å². The largest absolute Gasteiger partial charge is 0.456 e. The molecule has 0 atom stereocenters. The van der Waals surface area contributed by atoms with Crippen molar-refractivity contribution in [2.45, 2.75) is 59.0 Å². The number of H-pyrrole nitrogens is 1. The SMILES string of the molecule is CCCCc1c(C=O)[nH]c(C(=O)OCc2ccccc2)c1CCCC. The van der Waals surface area contributed by atoms with Crippen LogP contribution in [0.3, 0.4) is 0 Å². The molecule has 0 aliphatic heterocycles. The Bertz CT molecular complexity index is 689. The van der Waals surface area contributed by atoms with Gasteiger partial charge in [-0.2, -0.15) is 0 Å². The Kier molecular flexibility index (Phi) is 7.45. The van der Waals surface area contributed by atoms with Crippen molar-refractivity contribution >= 4 is 12.3 Å². The maximum Gasteiger partial charge on any atom is 0.355 e. The quantitative estimate of drug-likeness (QED) is 0.495. The van der Waals surface area contributed by atoms with Gasteiger partial charge >= 0.3 is 5.97 Å². The summed E-state index contributed by atoms with van der Waals surface area (Å²) in [4.78, 5) is 27.0. The third-order valence-corrected chi connectivity index (χ3v) is 4.35. The topological polar surface area (TPSA) is 59.2 Å². The molecule has 0 saturated carbocycles. The first-order chi connectivity index (χ1) is 12.2. The zero-order valence-corrected chi connectivity index (χ0v) is 15.1. The number of nitrogens with one attached hydrogen (secondary N) is 1. The third-order valence-electron chi connectivity index (χ3n) is 4.35. The molecular formula is C21H27NO3. The Labute approximate surface area is 149 Å². The maximum absolute atomic E-state index is 12.6. The monoisotopic (exact) mass is 341 g/mol. The number of unbranched alkanes of at least 4 members (excludes halogenated alkanes) is 2. The van der Waals surface area contributed by atoms with Gasteiger partial charge in [0, 0.05) is 0 Å². The lowest BCUT2D eigenvalue weighted by Crippen LogP contribution is -2.09. The van der Waals surface area contributed by atoms with Crippen molar-refractivity contribution in [2.24, 2.45) is 0 Å². The molecule has 1 aromatic carbocycles. The van der Waals surface area contributed by atoms with Crippen LogP contribution in [0.5, 0.6) is 0 Å². The molecule has 0 aliphatic carbocycles. The molecule has 0 spiro atoms. The second-order valence-electron chi connectivity index (χ2n) is 6.26. The fourth-order valence-electron chi connectivity index (χ4n) is 2.94. The van der Waals surface area contributed by atoms with E-state index in [1.54, 1.807) is 0 Å². The van der Waals surface area contributed by atoms with Crippen LogP contribution in [0.4, 0.5) is 0 Å². The number of aromatic nitrogens is 1. The number of hydrogen-bond donors (Lipinski definition) is 1. The van der Waals surface area contributed by atoms with E-state index in [-0.39, 0.29) is 12.6 Å². The summed E-state index contributed by atoms with van der Waals surface area (Å²) in [6, 6.07) is 9.60. The van der Waals surface area contributed by atoms with Crippen LogP contribution in [-0.4, -0.2) is 17.2 Å². The van der Waals surface area contributed by atoms with E-state index < -0.39 is 0 Å². The molecule has 0 fully saturated rings. The molecule has 4 heteroatoms. The van der Waals surface area contributed by atoms with Crippen LogP contribution in [-0.2, 0) is 24.2 Å². The number of esters is 1. The molecule has 1 aromatic heterocycles. The summed E-state index contributed by atoms with van der Waals surface area (Å²) in [6.07, 6.45) is 6.47. The van der Waals surface area contributed by atoms with Crippen molar-refractivity contribution in [1.82, 2.24) is 4.98 Å². The number of hydrogen-bond acceptors (Lipinski definition) is 3. The number of aldehydes is 1. The van der Waals surface area contributed by atoms with E-state index in [1.807, 2.05) is 30.3 Å². The lowest BCUT2D eigenvalue weighted by atomic mass is 9.98. The van der Waals surface area contributed by atoms with Gasteiger partial charge in [0.25, 0.3) is 0 Å². The lowest BCUT2D eigenvalue weighted by molar-refractivity contribution is 0.0465. The van der Waals surface area contributed by atoms with Gasteiger partial charge in [0.1, 0.15) is 12.3 Å². The van der Waals surface area contributed by atoms with Crippen LogP contribution in [0.25, 0.3) is 0 Å². The van der Waals surface area contributed by atoms with E-state index in [9.17, 15) is 9.59 Å².